The molecule has 0 fully saturated rings. The highest BCUT2D eigenvalue weighted by molar-refractivity contribution is 6.20. The molecule has 290 valence electrons. The Hall–Kier alpha value is -8.34. The predicted molar refractivity (Wildman–Crippen MR) is 258 cm³/mol. The standard InChI is InChI=1S/C58H36N2O2/c1-2-17-40(18-3-1)59-50-26-10-7-23-46(50)56-43(24-13-27-51(56)59)38-16-12-19-41(35-38)60(52-28-14-30-55-57(52)47-33-31-37-15-4-5-21-44(37)58(47)62-55)49-25-9-6-20-42(49)39-32-34-54-48(36-39)45-22-8-11-29-53(45)61-54/h1-36H. The fourth-order valence-corrected chi connectivity index (χ4v) is 9.86. The lowest BCUT2D eigenvalue weighted by Crippen LogP contribution is -2.11. The highest BCUT2D eigenvalue weighted by Gasteiger charge is 2.24. The molecule has 4 heteroatoms. The maximum absolute atomic E-state index is 6.80. The number of rotatable bonds is 6. The highest BCUT2D eigenvalue weighted by Crippen LogP contribution is 2.48. The Labute approximate surface area is 356 Å². The van der Waals surface area contributed by atoms with E-state index in [4.69, 9.17) is 8.83 Å². The van der Waals surface area contributed by atoms with Gasteiger partial charge in [0.15, 0.2) is 0 Å². The van der Waals surface area contributed by atoms with Crippen LogP contribution in [0.2, 0.25) is 0 Å². The van der Waals surface area contributed by atoms with E-state index in [0.29, 0.717) is 0 Å². The fraction of sp³-hybridized carbons (Fsp3) is 0. The van der Waals surface area contributed by atoms with Crippen LogP contribution in [-0.4, -0.2) is 4.57 Å². The van der Waals surface area contributed by atoms with Gasteiger partial charge in [0.05, 0.1) is 27.8 Å². The first-order chi connectivity index (χ1) is 30.8. The van der Waals surface area contributed by atoms with Crippen LogP contribution < -0.4 is 4.90 Å². The molecule has 62 heavy (non-hydrogen) atoms. The van der Waals surface area contributed by atoms with Gasteiger partial charge >= 0.3 is 0 Å². The second-order valence-corrected chi connectivity index (χ2v) is 16.0. The van der Waals surface area contributed by atoms with Crippen LogP contribution in [0.4, 0.5) is 17.1 Å². The summed E-state index contributed by atoms with van der Waals surface area (Å²) < 4.78 is 15.5. The lowest BCUT2D eigenvalue weighted by Gasteiger charge is -2.29. The summed E-state index contributed by atoms with van der Waals surface area (Å²) in [4.78, 5) is 2.43. The van der Waals surface area contributed by atoms with Gasteiger partial charge in [-0.1, -0.05) is 140 Å². The largest absolute Gasteiger partial charge is 0.456 e. The minimum Gasteiger partial charge on any atom is -0.456 e. The topological polar surface area (TPSA) is 34.5 Å². The molecule has 0 amide bonds. The highest BCUT2D eigenvalue weighted by atomic mass is 16.3. The Morgan fingerprint density at radius 1 is 0.355 bits per heavy atom. The van der Waals surface area contributed by atoms with Crippen molar-refractivity contribution < 1.29 is 8.83 Å². The number of fused-ring (bicyclic) bond motifs is 11. The van der Waals surface area contributed by atoms with Crippen LogP contribution in [0, 0.1) is 0 Å². The molecule has 0 aliphatic carbocycles. The minimum absolute atomic E-state index is 0.845. The summed E-state index contributed by atoms with van der Waals surface area (Å²) >= 11 is 0. The van der Waals surface area contributed by atoms with Crippen LogP contribution in [0.15, 0.2) is 227 Å². The van der Waals surface area contributed by atoms with Gasteiger partial charge in [0.2, 0.25) is 0 Å². The minimum atomic E-state index is 0.845. The van der Waals surface area contributed by atoms with Crippen molar-refractivity contribution in [1.82, 2.24) is 4.57 Å². The zero-order valence-corrected chi connectivity index (χ0v) is 33.5. The van der Waals surface area contributed by atoms with Crippen LogP contribution in [0.5, 0.6) is 0 Å². The Kier molecular flexibility index (Phi) is 7.57. The average molecular weight is 793 g/mol. The predicted octanol–water partition coefficient (Wildman–Crippen LogP) is 16.5. The summed E-state index contributed by atoms with van der Waals surface area (Å²) in [6.07, 6.45) is 0. The quantitative estimate of drug-likeness (QED) is 0.168. The average Bonchev–Trinajstić information content (AvgIpc) is 4.02. The van der Waals surface area contributed by atoms with Crippen LogP contribution in [0.25, 0.3) is 104 Å². The van der Waals surface area contributed by atoms with Crippen LogP contribution in [0.1, 0.15) is 0 Å². The molecule has 0 aliphatic rings. The monoisotopic (exact) mass is 792 g/mol. The first-order valence-electron chi connectivity index (χ1n) is 21.1. The molecule has 0 spiro atoms. The molecule has 0 bridgehead atoms. The number of furan rings is 2. The van der Waals surface area contributed by atoms with Crippen molar-refractivity contribution in [3.8, 4) is 27.9 Å². The molecule has 0 unspecified atom stereocenters. The molecule has 4 nitrogen and oxygen atoms in total. The van der Waals surface area contributed by atoms with Crippen molar-refractivity contribution in [3.05, 3.63) is 218 Å². The number of nitrogens with zero attached hydrogens (tertiary/aromatic N) is 2. The molecule has 10 aromatic carbocycles. The molecule has 0 atom stereocenters. The third-order valence-electron chi connectivity index (χ3n) is 12.6. The van der Waals surface area contributed by atoms with Crippen LogP contribution >= 0.6 is 0 Å². The van der Waals surface area contributed by atoms with E-state index in [0.717, 1.165) is 94.1 Å². The summed E-state index contributed by atoms with van der Waals surface area (Å²) in [7, 11) is 0. The van der Waals surface area contributed by atoms with Crippen molar-refractivity contribution in [2.45, 2.75) is 0 Å². The first kappa shape index (κ1) is 34.5. The number of hydrogen-bond donors (Lipinski definition) is 0. The van der Waals surface area contributed by atoms with E-state index in [1.165, 1.54) is 27.4 Å². The normalized spacial score (nSPS) is 11.9. The van der Waals surface area contributed by atoms with E-state index >= 15 is 0 Å². The van der Waals surface area contributed by atoms with Gasteiger partial charge in [-0.05, 0) is 101 Å². The zero-order valence-electron chi connectivity index (χ0n) is 33.5. The Balaban J connectivity index is 1.07. The number of hydrogen-bond acceptors (Lipinski definition) is 3. The Morgan fingerprint density at radius 3 is 1.97 bits per heavy atom. The van der Waals surface area contributed by atoms with Crippen molar-refractivity contribution in [2.24, 2.45) is 0 Å². The molecule has 0 saturated carbocycles. The number of aromatic nitrogens is 1. The van der Waals surface area contributed by atoms with Gasteiger partial charge in [0.25, 0.3) is 0 Å². The molecule has 3 aromatic heterocycles. The second kappa shape index (κ2) is 13.6. The lowest BCUT2D eigenvalue weighted by molar-refractivity contribution is 0.669. The second-order valence-electron chi connectivity index (χ2n) is 16.0. The molecular formula is C58H36N2O2. The lowest BCUT2D eigenvalue weighted by atomic mass is 9.97. The van der Waals surface area contributed by atoms with Gasteiger partial charge < -0.3 is 18.3 Å². The molecule has 13 rings (SSSR count). The third kappa shape index (κ3) is 5.20. The van der Waals surface area contributed by atoms with Crippen molar-refractivity contribution in [1.29, 1.82) is 0 Å². The number of para-hydroxylation sites is 4. The van der Waals surface area contributed by atoms with E-state index in [1.54, 1.807) is 0 Å². The maximum atomic E-state index is 6.80. The zero-order chi connectivity index (χ0) is 40.7. The summed E-state index contributed by atoms with van der Waals surface area (Å²) in [6.45, 7) is 0. The summed E-state index contributed by atoms with van der Waals surface area (Å²) in [5.74, 6) is 0. The summed E-state index contributed by atoms with van der Waals surface area (Å²) in [5, 5.41) is 9.06. The van der Waals surface area contributed by atoms with Gasteiger partial charge in [-0.3, -0.25) is 0 Å². The van der Waals surface area contributed by atoms with Gasteiger partial charge in [-0.15, -0.1) is 0 Å². The van der Waals surface area contributed by atoms with Gasteiger partial charge in [0, 0.05) is 49.3 Å². The van der Waals surface area contributed by atoms with Crippen molar-refractivity contribution >= 4 is 93.5 Å². The summed E-state index contributed by atoms with van der Waals surface area (Å²) in [6, 6.07) is 78.1. The van der Waals surface area contributed by atoms with E-state index in [1.807, 2.05) is 12.1 Å². The van der Waals surface area contributed by atoms with Crippen LogP contribution in [-0.2, 0) is 0 Å². The molecule has 0 aliphatic heterocycles. The number of anilines is 3. The molecule has 0 N–H and O–H groups in total. The van der Waals surface area contributed by atoms with E-state index in [-0.39, 0.29) is 0 Å². The van der Waals surface area contributed by atoms with E-state index in [9.17, 15) is 0 Å². The smallest absolute Gasteiger partial charge is 0.143 e. The molecular weight excluding hydrogens is 757 g/mol. The van der Waals surface area contributed by atoms with E-state index in [2.05, 4.69) is 216 Å². The van der Waals surface area contributed by atoms with Crippen LogP contribution in [0.3, 0.4) is 0 Å². The molecule has 0 saturated heterocycles. The fourth-order valence-electron chi connectivity index (χ4n) is 9.86. The molecule has 3 heterocycles. The van der Waals surface area contributed by atoms with Gasteiger partial charge in [0.1, 0.15) is 22.3 Å². The maximum Gasteiger partial charge on any atom is 0.143 e. The Morgan fingerprint density at radius 2 is 1.03 bits per heavy atom. The van der Waals surface area contributed by atoms with E-state index < -0.39 is 0 Å². The Bertz CT molecular complexity index is 3890. The summed E-state index contributed by atoms with van der Waals surface area (Å²) in [5.41, 5.74) is 14.7. The van der Waals surface area contributed by atoms with Crippen molar-refractivity contribution in [3.63, 3.8) is 0 Å². The molecule has 13 aromatic rings. The molecule has 0 radical (unpaired) electrons. The third-order valence-corrected chi connectivity index (χ3v) is 12.6. The number of benzene rings is 10. The van der Waals surface area contributed by atoms with Gasteiger partial charge in [-0.2, -0.15) is 0 Å². The van der Waals surface area contributed by atoms with Gasteiger partial charge in [-0.25, -0.2) is 0 Å². The first-order valence-corrected chi connectivity index (χ1v) is 21.1. The SMILES string of the molecule is c1ccc(-n2c3ccccc3c3c(-c4cccc(N(c5ccccc5-c5ccc6oc7ccccc7c6c5)c5cccc6oc7c8ccccc8ccc7c56)c4)cccc32)cc1. The van der Waals surface area contributed by atoms with Crippen molar-refractivity contribution in [2.75, 3.05) is 4.90 Å².